The van der Waals surface area contributed by atoms with E-state index in [1.807, 2.05) is 12.1 Å². The quantitative estimate of drug-likeness (QED) is 0.513. The van der Waals surface area contributed by atoms with Gasteiger partial charge in [-0.3, -0.25) is 10.1 Å². The van der Waals surface area contributed by atoms with Crippen molar-refractivity contribution in [2.24, 2.45) is 10.9 Å². The summed E-state index contributed by atoms with van der Waals surface area (Å²) in [6.07, 6.45) is 3.44. The van der Waals surface area contributed by atoms with Crippen LogP contribution in [0.4, 0.5) is 0 Å². The molecule has 2 aromatic rings. The zero-order valence-electron chi connectivity index (χ0n) is 14.1. The lowest BCUT2D eigenvalue weighted by Crippen LogP contribution is -2.38. The molecule has 2 heterocycles. The molecule has 0 aromatic carbocycles. The van der Waals surface area contributed by atoms with Crippen LogP contribution in [0.1, 0.15) is 33.0 Å². The molecule has 0 aliphatic rings. The molecule has 2 aromatic heterocycles. The van der Waals surface area contributed by atoms with Gasteiger partial charge < -0.3 is 15.1 Å². The normalized spacial score (nSPS) is 11.9. The van der Waals surface area contributed by atoms with Gasteiger partial charge in [0.2, 0.25) is 5.82 Å². The van der Waals surface area contributed by atoms with E-state index in [4.69, 9.17) is 4.42 Å². The highest BCUT2D eigenvalue weighted by molar-refractivity contribution is 5.79. The van der Waals surface area contributed by atoms with Gasteiger partial charge in [-0.05, 0) is 31.4 Å². The predicted octanol–water partition coefficient (Wildman–Crippen LogP) is 2.21. The molecule has 0 fully saturated rings. The van der Waals surface area contributed by atoms with Crippen LogP contribution in [-0.4, -0.2) is 40.8 Å². The van der Waals surface area contributed by atoms with Crippen molar-refractivity contribution in [3.8, 4) is 11.6 Å². The molecule has 0 atom stereocenters. The van der Waals surface area contributed by atoms with Crippen LogP contribution in [-0.2, 0) is 6.42 Å². The van der Waals surface area contributed by atoms with Gasteiger partial charge in [0.1, 0.15) is 5.82 Å². The van der Waals surface area contributed by atoms with E-state index in [0.29, 0.717) is 17.5 Å². The first-order chi connectivity index (χ1) is 11.2. The molecular weight excluding hydrogens is 292 g/mol. The smallest absolute Gasteiger partial charge is 0.216 e. The van der Waals surface area contributed by atoms with Crippen molar-refractivity contribution in [3.63, 3.8) is 0 Å². The van der Waals surface area contributed by atoms with Crippen molar-refractivity contribution in [1.29, 1.82) is 0 Å². The Morgan fingerprint density at radius 3 is 2.96 bits per heavy atom. The molecule has 0 unspecified atom stereocenters. The minimum atomic E-state index is 0.586. The first kappa shape index (κ1) is 17.1. The third-order valence-corrected chi connectivity index (χ3v) is 3.25. The number of hydrogen-bond donors (Lipinski definition) is 3. The molecular formula is C16H26N6O. The van der Waals surface area contributed by atoms with Crippen LogP contribution in [0.2, 0.25) is 0 Å². The molecule has 0 aliphatic heterocycles. The number of guanidine groups is 1. The molecule has 2 rings (SSSR count). The second-order valence-corrected chi connectivity index (χ2v) is 5.70. The van der Waals surface area contributed by atoms with E-state index < -0.39 is 0 Å². The van der Waals surface area contributed by atoms with Gasteiger partial charge in [-0.2, -0.15) is 5.10 Å². The third kappa shape index (κ3) is 5.77. The Kier molecular flexibility index (Phi) is 6.65. The molecule has 7 nitrogen and oxygen atoms in total. The number of aliphatic imine (C=N–C) groups is 1. The van der Waals surface area contributed by atoms with E-state index in [9.17, 15) is 0 Å². The van der Waals surface area contributed by atoms with Gasteiger partial charge in [0.25, 0.3) is 0 Å². The van der Waals surface area contributed by atoms with Crippen molar-refractivity contribution in [1.82, 2.24) is 25.8 Å². The van der Waals surface area contributed by atoms with Gasteiger partial charge in [-0.25, -0.2) is 4.98 Å². The zero-order valence-corrected chi connectivity index (χ0v) is 14.1. The van der Waals surface area contributed by atoms with Gasteiger partial charge in [0.05, 0.1) is 6.26 Å². The summed E-state index contributed by atoms with van der Waals surface area (Å²) in [6, 6.07) is 3.67. The lowest BCUT2D eigenvalue weighted by Gasteiger charge is -2.11. The molecule has 7 heteroatoms. The number of furan rings is 1. The number of aromatic amines is 1. The van der Waals surface area contributed by atoms with Crippen LogP contribution in [0.15, 0.2) is 27.8 Å². The summed E-state index contributed by atoms with van der Waals surface area (Å²) in [7, 11) is 0. The fourth-order valence-electron chi connectivity index (χ4n) is 2.00. The second-order valence-electron chi connectivity index (χ2n) is 5.70. The first-order valence-electron chi connectivity index (χ1n) is 8.16. The summed E-state index contributed by atoms with van der Waals surface area (Å²) in [5.41, 5.74) is 0. The number of H-pyrrole nitrogens is 1. The first-order valence-corrected chi connectivity index (χ1v) is 8.16. The van der Waals surface area contributed by atoms with E-state index in [0.717, 1.165) is 44.3 Å². The minimum absolute atomic E-state index is 0.586. The third-order valence-electron chi connectivity index (χ3n) is 3.25. The minimum Gasteiger partial charge on any atom is -0.461 e. The van der Waals surface area contributed by atoms with Crippen LogP contribution in [0, 0.1) is 5.92 Å². The van der Waals surface area contributed by atoms with Crippen molar-refractivity contribution >= 4 is 5.96 Å². The average molecular weight is 318 g/mol. The van der Waals surface area contributed by atoms with E-state index >= 15 is 0 Å². The highest BCUT2D eigenvalue weighted by Crippen LogP contribution is 2.14. The fraction of sp³-hybridized carbons (Fsp3) is 0.562. The summed E-state index contributed by atoms with van der Waals surface area (Å²) in [6.45, 7) is 8.88. The summed E-state index contributed by atoms with van der Waals surface area (Å²) in [5.74, 6) is 3.59. The molecule has 0 spiro atoms. The number of hydrogen-bond acceptors (Lipinski definition) is 4. The maximum absolute atomic E-state index is 5.28. The number of rotatable bonds is 8. The molecule has 0 saturated heterocycles. The SMILES string of the molecule is CCNC(=NCCC(C)C)NCCc1nc(-c2ccco2)n[nH]1. The number of aromatic nitrogens is 3. The van der Waals surface area contributed by atoms with E-state index in [-0.39, 0.29) is 0 Å². The topological polar surface area (TPSA) is 91.1 Å². The highest BCUT2D eigenvalue weighted by Gasteiger charge is 2.08. The maximum Gasteiger partial charge on any atom is 0.216 e. The predicted molar refractivity (Wildman–Crippen MR) is 91.2 cm³/mol. The van der Waals surface area contributed by atoms with E-state index in [2.05, 4.69) is 51.6 Å². The molecule has 23 heavy (non-hydrogen) atoms. The standard InChI is InChI=1S/C16H26N6O/c1-4-17-16(18-9-7-12(2)3)19-10-8-14-20-15(22-21-14)13-6-5-11-23-13/h5-6,11-12H,4,7-10H2,1-3H3,(H2,17,18,19)(H,20,21,22). The highest BCUT2D eigenvalue weighted by atomic mass is 16.3. The fourth-order valence-corrected chi connectivity index (χ4v) is 2.00. The summed E-state index contributed by atoms with van der Waals surface area (Å²) >= 11 is 0. The number of nitrogens with zero attached hydrogens (tertiary/aromatic N) is 3. The lowest BCUT2D eigenvalue weighted by atomic mass is 10.1. The van der Waals surface area contributed by atoms with Crippen molar-refractivity contribution < 1.29 is 4.42 Å². The van der Waals surface area contributed by atoms with Gasteiger partial charge in [0, 0.05) is 26.1 Å². The van der Waals surface area contributed by atoms with Crippen LogP contribution < -0.4 is 10.6 Å². The Morgan fingerprint density at radius 2 is 2.26 bits per heavy atom. The van der Waals surface area contributed by atoms with Crippen LogP contribution >= 0.6 is 0 Å². The Balaban J connectivity index is 1.80. The molecule has 0 saturated carbocycles. The van der Waals surface area contributed by atoms with Crippen LogP contribution in [0.3, 0.4) is 0 Å². The average Bonchev–Trinajstić information content (AvgIpc) is 3.18. The van der Waals surface area contributed by atoms with Crippen LogP contribution in [0.25, 0.3) is 11.6 Å². The monoisotopic (exact) mass is 318 g/mol. The largest absolute Gasteiger partial charge is 0.461 e. The molecule has 0 radical (unpaired) electrons. The second kappa shape index (κ2) is 8.97. The summed E-state index contributed by atoms with van der Waals surface area (Å²) < 4.78 is 5.28. The Labute approximate surface area is 137 Å². The lowest BCUT2D eigenvalue weighted by molar-refractivity contribution is 0.577. The van der Waals surface area contributed by atoms with Gasteiger partial charge in [0.15, 0.2) is 11.7 Å². The molecule has 0 aliphatic carbocycles. The Hall–Kier alpha value is -2.31. The van der Waals surface area contributed by atoms with Crippen LogP contribution in [0.5, 0.6) is 0 Å². The summed E-state index contributed by atoms with van der Waals surface area (Å²) in [4.78, 5) is 8.98. The maximum atomic E-state index is 5.28. The van der Waals surface area contributed by atoms with E-state index in [1.165, 1.54) is 0 Å². The van der Waals surface area contributed by atoms with Gasteiger partial charge >= 0.3 is 0 Å². The Bertz CT molecular complexity index is 587. The van der Waals surface area contributed by atoms with Gasteiger partial charge in [-0.15, -0.1) is 0 Å². The molecule has 0 amide bonds. The molecule has 3 N–H and O–H groups in total. The summed E-state index contributed by atoms with van der Waals surface area (Å²) in [5, 5.41) is 13.7. The van der Waals surface area contributed by atoms with Crippen molar-refractivity contribution in [2.75, 3.05) is 19.6 Å². The molecule has 0 bridgehead atoms. The molecule has 126 valence electrons. The van der Waals surface area contributed by atoms with Gasteiger partial charge in [-0.1, -0.05) is 13.8 Å². The van der Waals surface area contributed by atoms with E-state index in [1.54, 1.807) is 6.26 Å². The van der Waals surface area contributed by atoms with Crippen molar-refractivity contribution in [3.05, 3.63) is 24.2 Å². The van der Waals surface area contributed by atoms with Crippen molar-refractivity contribution in [2.45, 2.75) is 33.6 Å². The Morgan fingerprint density at radius 1 is 1.39 bits per heavy atom. The number of nitrogens with one attached hydrogen (secondary N) is 3. The zero-order chi connectivity index (χ0) is 16.5.